The highest BCUT2D eigenvalue weighted by Gasteiger charge is 2.39. The number of aromatic nitrogens is 1. The van der Waals surface area contributed by atoms with Crippen molar-refractivity contribution in [3.8, 4) is 5.69 Å². The van der Waals surface area contributed by atoms with Crippen molar-refractivity contribution in [2.45, 2.75) is 25.3 Å². The predicted molar refractivity (Wildman–Crippen MR) is 85.2 cm³/mol. The number of fused-ring (bicyclic) bond motifs is 4. The number of anilines is 1. The lowest BCUT2D eigenvalue weighted by Crippen LogP contribution is -2.48. The molecule has 1 aromatic heterocycles. The van der Waals surface area contributed by atoms with E-state index in [0.29, 0.717) is 0 Å². The van der Waals surface area contributed by atoms with Crippen molar-refractivity contribution in [3.63, 3.8) is 0 Å². The van der Waals surface area contributed by atoms with Gasteiger partial charge in [0.15, 0.2) is 0 Å². The zero-order chi connectivity index (χ0) is 12.9. The Morgan fingerprint density at radius 2 is 1.95 bits per heavy atom. The van der Waals surface area contributed by atoms with Crippen LogP contribution in [0.4, 0.5) is 5.69 Å². The standard InChI is InChI=1S/C16H19N3.ClH/c1-12-4-5-14-13(11-12)18-16(6-8-17-9-7-16)15-3-2-10-19(14)15;/h2-5,10-11,17-18H,6-9H2,1H3;1H. The third-order valence-electron chi connectivity index (χ3n) is 4.48. The van der Waals surface area contributed by atoms with E-state index in [0.717, 1.165) is 25.9 Å². The molecule has 0 aliphatic carbocycles. The molecule has 4 rings (SSSR count). The number of hydrogen-bond donors (Lipinski definition) is 2. The van der Waals surface area contributed by atoms with Crippen LogP contribution in [0.15, 0.2) is 36.5 Å². The van der Waals surface area contributed by atoms with Crippen molar-refractivity contribution in [1.82, 2.24) is 9.88 Å². The molecule has 0 radical (unpaired) electrons. The first-order valence-corrected chi connectivity index (χ1v) is 7.06. The molecular weight excluding hydrogens is 270 g/mol. The molecule has 3 heterocycles. The van der Waals surface area contributed by atoms with Gasteiger partial charge in [0.1, 0.15) is 0 Å². The molecule has 1 spiro atoms. The number of aryl methyl sites for hydroxylation is 1. The highest BCUT2D eigenvalue weighted by molar-refractivity contribution is 5.85. The van der Waals surface area contributed by atoms with Crippen molar-refractivity contribution in [2.24, 2.45) is 0 Å². The summed E-state index contributed by atoms with van der Waals surface area (Å²) in [6.45, 7) is 4.32. The summed E-state index contributed by atoms with van der Waals surface area (Å²) in [7, 11) is 0. The van der Waals surface area contributed by atoms with Crippen LogP contribution in [0.5, 0.6) is 0 Å². The molecule has 0 amide bonds. The van der Waals surface area contributed by atoms with E-state index in [1.165, 1.54) is 22.6 Å². The predicted octanol–water partition coefficient (Wildman–Crippen LogP) is 3.21. The van der Waals surface area contributed by atoms with Crippen LogP contribution in [0, 0.1) is 6.92 Å². The van der Waals surface area contributed by atoms with Gasteiger partial charge in [-0.05, 0) is 62.7 Å². The van der Waals surface area contributed by atoms with Crippen LogP contribution in [-0.2, 0) is 5.54 Å². The van der Waals surface area contributed by atoms with Gasteiger partial charge in [-0.3, -0.25) is 0 Å². The second kappa shape index (κ2) is 4.83. The van der Waals surface area contributed by atoms with Crippen molar-refractivity contribution >= 4 is 18.1 Å². The molecule has 2 aliphatic heterocycles. The van der Waals surface area contributed by atoms with Gasteiger partial charge < -0.3 is 15.2 Å². The lowest BCUT2D eigenvalue weighted by atomic mass is 9.83. The molecule has 2 aliphatic rings. The van der Waals surface area contributed by atoms with Gasteiger partial charge in [-0.25, -0.2) is 0 Å². The molecule has 3 nitrogen and oxygen atoms in total. The zero-order valence-electron chi connectivity index (χ0n) is 11.6. The summed E-state index contributed by atoms with van der Waals surface area (Å²) in [5, 5.41) is 7.30. The largest absolute Gasteiger partial charge is 0.372 e. The van der Waals surface area contributed by atoms with Gasteiger partial charge in [-0.15, -0.1) is 12.4 Å². The molecule has 1 fully saturated rings. The fourth-order valence-electron chi connectivity index (χ4n) is 3.50. The third kappa shape index (κ3) is 1.85. The first-order chi connectivity index (χ1) is 9.28. The number of halogens is 1. The Kier molecular flexibility index (Phi) is 3.27. The molecule has 0 saturated carbocycles. The maximum Gasteiger partial charge on any atom is 0.0804 e. The molecule has 2 N–H and O–H groups in total. The minimum absolute atomic E-state index is 0. The highest BCUT2D eigenvalue weighted by Crippen LogP contribution is 2.42. The number of nitrogens with zero attached hydrogens (tertiary/aromatic N) is 1. The van der Waals surface area contributed by atoms with Crippen LogP contribution in [0.3, 0.4) is 0 Å². The Bertz CT molecular complexity index is 626. The molecule has 1 saturated heterocycles. The lowest BCUT2D eigenvalue weighted by Gasteiger charge is -2.43. The first kappa shape index (κ1) is 13.5. The van der Waals surface area contributed by atoms with E-state index in [2.05, 4.69) is 58.7 Å². The van der Waals surface area contributed by atoms with Gasteiger partial charge >= 0.3 is 0 Å². The maximum atomic E-state index is 3.83. The van der Waals surface area contributed by atoms with Gasteiger partial charge in [0.25, 0.3) is 0 Å². The van der Waals surface area contributed by atoms with Crippen molar-refractivity contribution in [3.05, 3.63) is 47.8 Å². The molecule has 2 aromatic rings. The molecule has 106 valence electrons. The molecule has 0 unspecified atom stereocenters. The molecule has 4 heteroatoms. The topological polar surface area (TPSA) is 29.0 Å². The van der Waals surface area contributed by atoms with Crippen molar-refractivity contribution < 1.29 is 0 Å². The quantitative estimate of drug-likeness (QED) is 0.780. The number of rotatable bonds is 0. The van der Waals surface area contributed by atoms with Gasteiger partial charge in [0, 0.05) is 11.9 Å². The normalized spacial score (nSPS) is 18.6. The molecule has 0 atom stereocenters. The van der Waals surface area contributed by atoms with Gasteiger partial charge in [0.05, 0.1) is 16.9 Å². The van der Waals surface area contributed by atoms with Crippen molar-refractivity contribution in [2.75, 3.05) is 18.4 Å². The summed E-state index contributed by atoms with van der Waals surface area (Å²) >= 11 is 0. The summed E-state index contributed by atoms with van der Waals surface area (Å²) in [6.07, 6.45) is 4.48. The van der Waals surface area contributed by atoms with E-state index in [4.69, 9.17) is 0 Å². The number of benzene rings is 1. The van der Waals surface area contributed by atoms with Crippen LogP contribution in [-0.4, -0.2) is 17.7 Å². The monoisotopic (exact) mass is 289 g/mol. The Hall–Kier alpha value is -1.45. The first-order valence-electron chi connectivity index (χ1n) is 7.06. The van der Waals surface area contributed by atoms with Crippen molar-refractivity contribution in [1.29, 1.82) is 0 Å². The maximum absolute atomic E-state index is 3.83. The minimum atomic E-state index is 0. The molecule has 0 bridgehead atoms. The summed E-state index contributed by atoms with van der Waals surface area (Å²) in [5.74, 6) is 0. The van der Waals surface area contributed by atoms with Crippen LogP contribution < -0.4 is 10.6 Å². The molecule has 1 aromatic carbocycles. The molecular formula is C16H20ClN3. The van der Waals surface area contributed by atoms with E-state index in [1.807, 2.05) is 0 Å². The van der Waals surface area contributed by atoms with Crippen LogP contribution in [0.25, 0.3) is 5.69 Å². The van der Waals surface area contributed by atoms with Gasteiger partial charge in [-0.1, -0.05) is 6.07 Å². The summed E-state index contributed by atoms with van der Waals surface area (Å²) in [4.78, 5) is 0. The third-order valence-corrected chi connectivity index (χ3v) is 4.48. The second-order valence-corrected chi connectivity index (χ2v) is 5.74. The zero-order valence-corrected chi connectivity index (χ0v) is 12.5. The summed E-state index contributed by atoms with van der Waals surface area (Å²) in [6, 6.07) is 11.1. The second-order valence-electron chi connectivity index (χ2n) is 5.74. The Morgan fingerprint density at radius 3 is 2.75 bits per heavy atom. The summed E-state index contributed by atoms with van der Waals surface area (Å²) in [5.41, 5.74) is 5.37. The lowest BCUT2D eigenvalue weighted by molar-refractivity contribution is 0.330. The van der Waals surface area contributed by atoms with E-state index < -0.39 is 0 Å². The van der Waals surface area contributed by atoms with Gasteiger partial charge in [-0.2, -0.15) is 0 Å². The fourth-order valence-corrected chi connectivity index (χ4v) is 3.50. The van der Waals surface area contributed by atoms with E-state index >= 15 is 0 Å². The van der Waals surface area contributed by atoms with Gasteiger partial charge in [0.2, 0.25) is 0 Å². The van der Waals surface area contributed by atoms with Crippen LogP contribution >= 0.6 is 12.4 Å². The van der Waals surface area contributed by atoms with E-state index in [1.54, 1.807) is 0 Å². The van der Waals surface area contributed by atoms with Crippen LogP contribution in [0.1, 0.15) is 24.1 Å². The number of nitrogens with one attached hydrogen (secondary N) is 2. The Balaban J connectivity index is 0.00000121. The average Bonchev–Trinajstić information content (AvgIpc) is 2.90. The Morgan fingerprint density at radius 1 is 1.15 bits per heavy atom. The minimum Gasteiger partial charge on any atom is -0.372 e. The smallest absolute Gasteiger partial charge is 0.0804 e. The average molecular weight is 290 g/mol. The number of piperidine rings is 1. The van der Waals surface area contributed by atoms with E-state index in [-0.39, 0.29) is 17.9 Å². The van der Waals surface area contributed by atoms with E-state index in [9.17, 15) is 0 Å². The highest BCUT2D eigenvalue weighted by atomic mass is 35.5. The Labute approximate surface area is 125 Å². The summed E-state index contributed by atoms with van der Waals surface area (Å²) < 4.78 is 2.36. The molecule has 20 heavy (non-hydrogen) atoms. The SMILES string of the molecule is Cc1ccc2c(c1)NC1(CCNCC1)c1cccn1-2.Cl. The number of hydrogen-bond acceptors (Lipinski definition) is 2. The fraction of sp³-hybridized carbons (Fsp3) is 0.375. The van der Waals surface area contributed by atoms with Crippen LogP contribution in [0.2, 0.25) is 0 Å².